The normalized spacial score (nSPS) is 17.2. The standard InChI is InChI=1S/C18H20N2O3/c1-13-6-8-14(9-7-13)12-20-10-2-4-15(18(20)22)19-17(21)16-5-3-11-23-16/h2,4,6-10,16H,3,5,11-12H2,1H3,(H,19,21)/t16-/m0/s1. The van der Waals surface area contributed by atoms with Crippen molar-refractivity contribution < 1.29 is 9.53 Å². The van der Waals surface area contributed by atoms with Crippen LogP contribution in [0.25, 0.3) is 0 Å². The molecule has 3 rings (SSSR count). The van der Waals surface area contributed by atoms with Gasteiger partial charge in [0.25, 0.3) is 11.5 Å². The molecule has 1 aliphatic rings. The Morgan fingerprint density at radius 1 is 1.30 bits per heavy atom. The highest BCUT2D eigenvalue weighted by Crippen LogP contribution is 2.14. The molecule has 1 aromatic carbocycles. The Bertz CT molecular complexity index is 744. The van der Waals surface area contributed by atoms with Crippen molar-refractivity contribution in [1.29, 1.82) is 0 Å². The molecule has 2 heterocycles. The summed E-state index contributed by atoms with van der Waals surface area (Å²) in [5, 5.41) is 2.69. The van der Waals surface area contributed by atoms with Crippen molar-refractivity contribution in [2.75, 3.05) is 11.9 Å². The maximum atomic E-state index is 12.5. The number of rotatable bonds is 4. The molecule has 1 fully saturated rings. The molecule has 0 radical (unpaired) electrons. The van der Waals surface area contributed by atoms with E-state index in [1.807, 2.05) is 31.2 Å². The number of ether oxygens (including phenoxy) is 1. The third-order valence-corrected chi connectivity index (χ3v) is 3.97. The van der Waals surface area contributed by atoms with Gasteiger partial charge in [-0.1, -0.05) is 29.8 Å². The highest BCUT2D eigenvalue weighted by molar-refractivity contribution is 5.94. The van der Waals surface area contributed by atoms with E-state index in [2.05, 4.69) is 5.32 Å². The number of aryl methyl sites for hydroxylation is 1. The van der Waals surface area contributed by atoms with Gasteiger partial charge in [-0.25, -0.2) is 0 Å². The average molecular weight is 312 g/mol. The second-order valence-electron chi connectivity index (χ2n) is 5.83. The van der Waals surface area contributed by atoms with E-state index in [-0.39, 0.29) is 11.5 Å². The molecule has 23 heavy (non-hydrogen) atoms. The number of hydrogen-bond donors (Lipinski definition) is 1. The molecule has 0 spiro atoms. The van der Waals surface area contributed by atoms with Crippen LogP contribution in [0.15, 0.2) is 47.4 Å². The first-order valence-electron chi connectivity index (χ1n) is 7.81. The van der Waals surface area contributed by atoms with Gasteiger partial charge in [0.2, 0.25) is 0 Å². The Balaban J connectivity index is 1.76. The number of aromatic nitrogens is 1. The Kier molecular flexibility index (Phi) is 4.57. The predicted molar refractivity (Wildman–Crippen MR) is 88.6 cm³/mol. The Hall–Kier alpha value is -2.40. The lowest BCUT2D eigenvalue weighted by Gasteiger charge is -2.12. The lowest BCUT2D eigenvalue weighted by Crippen LogP contribution is -2.31. The maximum absolute atomic E-state index is 12.5. The van der Waals surface area contributed by atoms with Crippen LogP contribution < -0.4 is 10.9 Å². The molecule has 1 N–H and O–H groups in total. The second kappa shape index (κ2) is 6.79. The predicted octanol–water partition coefficient (Wildman–Crippen LogP) is 2.32. The van der Waals surface area contributed by atoms with Crippen LogP contribution in [0, 0.1) is 6.92 Å². The zero-order valence-electron chi connectivity index (χ0n) is 13.1. The summed E-state index contributed by atoms with van der Waals surface area (Å²) < 4.78 is 6.94. The smallest absolute Gasteiger partial charge is 0.274 e. The number of carbonyl (C=O) groups excluding carboxylic acids is 1. The fraction of sp³-hybridized carbons (Fsp3) is 0.333. The number of carbonyl (C=O) groups is 1. The molecule has 1 atom stereocenters. The van der Waals surface area contributed by atoms with Crippen LogP contribution in [-0.4, -0.2) is 23.2 Å². The van der Waals surface area contributed by atoms with E-state index in [0.717, 1.165) is 12.0 Å². The van der Waals surface area contributed by atoms with Crippen molar-refractivity contribution in [3.05, 3.63) is 64.1 Å². The Morgan fingerprint density at radius 3 is 2.78 bits per heavy atom. The van der Waals surface area contributed by atoms with Crippen molar-refractivity contribution in [1.82, 2.24) is 4.57 Å². The van der Waals surface area contributed by atoms with Gasteiger partial charge in [-0.15, -0.1) is 0 Å². The summed E-state index contributed by atoms with van der Waals surface area (Å²) in [5.41, 5.74) is 2.30. The van der Waals surface area contributed by atoms with Gasteiger partial charge >= 0.3 is 0 Å². The third kappa shape index (κ3) is 3.68. The van der Waals surface area contributed by atoms with E-state index in [9.17, 15) is 9.59 Å². The van der Waals surface area contributed by atoms with Gasteiger partial charge in [0.05, 0.1) is 6.54 Å². The van der Waals surface area contributed by atoms with Crippen LogP contribution in [-0.2, 0) is 16.1 Å². The van der Waals surface area contributed by atoms with E-state index in [1.165, 1.54) is 5.56 Å². The van der Waals surface area contributed by atoms with Crippen LogP contribution in [0.5, 0.6) is 0 Å². The van der Waals surface area contributed by atoms with Crippen molar-refractivity contribution in [2.45, 2.75) is 32.4 Å². The Labute approximate surface area is 134 Å². The lowest BCUT2D eigenvalue weighted by molar-refractivity contribution is -0.124. The van der Waals surface area contributed by atoms with Crippen molar-refractivity contribution in [2.24, 2.45) is 0 Å². The highest BCUT2D eigenvalue weighted by Gasteiger charge is 2.24. The molecule has 5 heteroatoms. The van der Waals surface area contributed by atoms with Crippen molar-refractivity contribution in [3.8, 4) is 0 Å². The van der Waals surface area contributed by atoms with E-state index in [1.54, 1.807) is 22.9 Å². The number of nitrogens with one attached hydrogen (secondary N) is 1. The van der Waals surface area contributed by atoms with Gasteiger partial charge in [0.1, 0.15) is 11.8 Å². The summed E-state index contributed by atoms with van der Waals surface area (Å²) in [4.78, 5) is 24.6. The molecular formula is C18H20N2O3. The molecule has 0 saturated carbocycles. The number of benzene rings is 1. The number of amides is 1. The summed E-state index contributed by atoms with van der Waals surface area (Å²) in [6, 6.07) is 11.4. The third-order valence-electron chi connectivity index (χ3n) is 3.97. The van der Waals surface area contributed by atoms with Gasteiger partial charge in [-0.2, -0.15) is 0 Å². The minimum absolute atomic E-state index is 0.209. The summed E-state index contributed by atoms with van der Waals surface area (Å²) in [6.45, 7) is 3.10. The van der Waals surface area contributed by atoms with Crippen molar-refractivity contribution >= 4 is 11.6 Å². The van der Waals surface area contributed by atoms with Crippen molar-refractivity contribution in [3.63, 3.8) is 0 Å². The quantitative estimate of drug-likeness (QED) is 0.942. The fourth-order valence-electron chi connectivity index (χ4n) is 2.64. The second-order valence-corrected chi connectivity index (χ2v) is 5.83. The topological polar surface area (TPSA) is 60.3 Å². The van der Waals surface area contributed by atoms with Gasteiger partial charge in [-0.05, 0) is 37.5 Å². The first kappa shape index (κ1) is 15.5. The number of anilines is 1. The molecule has 0 unspecified atom stereocenters. The minimum atomic E-state index is -0.444. The summed E-state index contributed by atoms with van der Waals surface area (Å²) in [5.74, 6) is -0.243. The first-order valence-corrected chi connectivity index (χ1v) is 7.81. The average Bonchev–Trinajstić information content (AvgIpc) is 3.08. The molecule has 1 saturated heterocycles. The molecule has 2 aromatic rings. The van der Waals surface area contributed by atoms with E-state index in [4.69, 9.17) is 4.74 Å². The van der Waals surface area contributed by atoms with Gasteiger partial charge < -0.3 is 14.6 Å². The molecule has 120 valence electrons. The van der Waals surface area contributed by atoms with Gasteiger partial charge in [0.15, 0.2) is 0 Å². The van der Waals surface area contributed by atoms with Crippen LogP contribution in [0.4, 0.5) is 5.69 Å². The highest BCUT2D eigenvalue weighted by atomic mass is 16.5. The first-order chi connectivity index (χ1) is 11.1. The zero-order valence-corrected chi connectivity index (χ0v) is 13.1. The van der Waals surface area contributed by atoms with Gasteiger partial charge in [0, 0.05) is 12.8 Å². The monoisotopic (exact) mass is 312 g/mol. The summed E-state index contributed by atoms with van der Waals surface area (Å²) in [7, 11) is 0. The molecule has 0 bridgehead atoms. The van der Waals surface area contributed by atoms with Crippen LogP contribution >= 0.6 is 0 Å². The van der Waals surface area contributed by atoms with E-state index in [0.29, 0.717) is 25.3 Å². The fourth-order valence-corrected chi connectivity index (χ4v) is 2.64. The molecule has 0 aliphatic carbocycles. The number of nitrogens with zero attached hydrogens (tertiary/aromatic N) is 1. The summed E-state index contributed by atoms with van der Waals surface area (Å²) in [6.07, 6.45) is 2.87. The maximum Gasteiger partial charge on any atom is 0.274 e. The lowest BCUT2D eigenvalue weighted by atomic mass is 10.1. The van der Waals surface area contributed by atoms with Crippen LogP contribution in [0.2, 0.25) is 0 Å². The van der Waals surface area contributed by atoms with E-state index < -0.39 is 6.10 Å². The Morgan fingerprint density at radius 2 is 2.09 bits per heavy atom. The minimum Gasteiger partial charge on any atom is -0.368 e. The van der Waals surface area contributed by atoms with E-state index >= 15 is 0 Å². The molecular weight excluding hydrogens is 292 g/mol. The molecule has 1 aromatic heterocycles. The van der Waals surface area contributed by atoms with Gasteiger partial charge in [-0.3, -0.25) is 9.59 Å². The van der Waals surface area contributed by atoms with Crippen LogP contribution in [0.1, 0.15) is 24.0 Å². The largest absolute Gasteiger partial charge is 0.368 e. The molecule has 5 nitrogen and oxygen atoms in total. The summed E-state index contributed by atoms with van der Waals surface area (Å²) >= 11 is 0. The molecule has 1 amide bonds. The number of pyridine rings is 1. The zero-order chi connectivity index (χ0) is 16.2. The molecule has 1 aliphatic heterocycles. The van der Waals surface area contributed by atoms with Crippen LogP contribution in [0.3, 0.4) is 0 Å². The number of hydrogen-bond acceptors (Lipinski definition) is 3. The SMILES string of the molecule is Cc1ccc(Cn2cccc(NC(=O)[C@@H]3CCCO3)c2=O)cc1.